The lowest BCUT2D eigenvalue weighted by Gasteiger charge is -2.25. The Morgan fingerprint density at radius 1 is 1.24 bits per heavy atom. The van der Waals surface area contributed by atoms with Crippen LogP contribution < -0.4 is 9.62 Å². The molecule has 1 saturated carbocycles. The topological polar surface area (TPSA) is 66.5 Å². The first-order valence-corrected chi connectivity index (χ1v) is 11.1. The number of hydrogen-bond acceptors (Lipinski definition) is 3. The fourth-order valence-electron chi connectivity index (χ4n) is 3.07. The van der Waals surface area contributed by atoms with Crippen molar-refractivity contribution in [1.29, 1.82) is 0 Å². The van der Waals surface area contributed by atoms with Crippen LogP contribution in [0.25, 0.3) is 0 Å². The van der Waals surface area contributed by atoms with Crippen molar-refractivity contribution < 1.29 is 13.2 Å². The Balaban J connectivity index is 1.94. The summed E-state index contributed by atoms with van der Waals surface area (Å²) < 4.78 is 25.4. The van der Waals surface area contributed by atoms with Gasteiger partial charge in [0.2, 0.25) is 15.9 Å². The van der Waals surface area contributed by atoms with Crippen LogP contribution in [-0.4, -0.2) is 33.2 Å². The van der Waals surface area contributed by atoms with Crippen molar-refractivity contribution in [2.45, 2.75) is 51.0 Å². The van der Waals surface area contributed by atoms with Gasteiger partial charge in [0.05, 0.1) is 17.0 Å². The van der Waals surface area contributed by atoms with E-state index >= 15 is 0 Å². The minimum atomic E-state index is -3.52. The average Bonchev–Trinajstić information content (AvgIpc) is 2.54. The molecule has 1 fully saturated rings. The van der Waals surface area contributed by atoms with Gasteiger partial charge in [0, 0.05) is 24.0 Å². The Morgan fingerprint density at radius 3 is 2.56 bits per heavy atom. The summed E-state index contributed by atoms with van der Waals surface area (Å²) >= 11 is 12.1. The van der Waals surface area contributed by atoms with Gasteiger partial charge in [-0.2, -0.15) is 0 Å². The van der Waals surface area contributed by atoms with Crippen molar-refractivity contribution in [2.24, 2.45) is 0 Å². The lowest BCUT2D eigenvalue weighted by atomic mass is 9.95. The van der Waals surface area contributed by atoms with Gasteiger partial charge in [-0.1, -0.05) is 42.5 Å². The van der Waals surface area contributed by atoms with Crippen LogP contribution >= 0.6 is 23.2 Å². The fourth-order valence-corrected chi connectivity index (χ4v) is 4.48. The van der Waals surface area contributed by atoms with E-state index in [-0.39, 0.29) is 24.9 Å². The molecule has 1 aromatic carbocycles. The first-order valence-electron chi connectivity index (χ1n) is 8.49. The molecule has 1 N–H and O–H groups in total. The van der Waals surface area contributed by atoms with E-state index in [2.05, 4.69) is 5.32 Å². The minimum absolute atomic E-state index is 0.0301. The molecule has 0 aromatic heterocycles. The molecule has 1 aliphatic carbocycles. The van der Waals surface area contributed by atoms with E-state index in [1.165, 1.54) is 16.8 Å². The number of nitrogens with one attached hydrogen (secondary N) is 1. The summed E-state index contributed by atoms with van der Waals surface area (Å²) in [6.45, 7) is 0.178. The predicted octanol–water partition coefficient (Wildman–Crippen LogP) is 3.99. The van der Waals surface area contributed by atoms with E-state index in [1.807, 2.05) is 0 Å². The molecule has 0 aliphatic heterocycles. The highest BCUT2D eigenvalue weighted by Crippen LogP contribution is 2.30. The van der Waals surface area contributed by atoms with Gasteiger partial charge >= 0.3 is 0 Å². The van der Waals surface area contributed by atoms with Crippen molar-refractivity contribution in [3.05, 3.63) is 28.2 Å². The summed E-state index contributed by atoms with van der Waals surface area (Å²) in [5.74, 6) is -0.0301. The minimum Gasteiger partial charge on any atom is -0.353 e. The third kappa shape index (κ3) is 6.35. The number of carbonyl (C=O) groups excluding carboxylic acids is 1. The van der Waals surface area contributed by atoms with Crippen molar-refractivity contribution in [3.8, 4) is 0 Å². The Kier molecular flexibility index (Phi) is 7.40. The molecule has 1 aromatic rings. The molecule has 0 unspecified atom stereocenters. The molecule has 0 heterocycles. The van der Waals surface area contributed by atoms with E-state index < -0.39 is 10.0 Å². The van der Waals surface area contributed by atoms with Crippen LogP contribution in [-0.2, 0) is 14.8 Å². The number of hydrogen-bond donors (Lipinski definition) is 1. The number of nitrogens with zero attached hydrogens (tertiary/aromatic N) is 1. The second-order valence-corrected chi connectivity index (χ2v) is 9.19. The molecule has 1 amide bonds. The lowest BCUT2D eigenvalue weighted by molar-refractivity contribution is -0.122. The van der Waals surface area contributed by atoms with E-state index in [0.717, 1.165) is 31.9 Å². The van der Waals surface area contributed by atoms with E-state index in [9.17, 15) is 13.2 Å². The number of sulfonamides is 1. The molecular weight excluding hydrogens is 383 g/mol. The zero-order chi connectivity index (χ0) is 18.4. The number of halogens is 2. The maximum atomic E-state index is 12.1. The fraction of sp³-hybridized carbons (Fsp3) is 0.588. The van der Waals surface area contributed by atoms with Crippen LogP contribution in [0.3, 0.4) is 0 Å². The lowest BCUT2D eigenvalue weighted by Crippen LogP contribution is -2.37. The molecule has 0 radical (unpaired) electrons. The van der Waals surface area contributed by atoms with Crippen LogP contribution in [0.1, 0.15) is 44.9 Å². The SMILES string of the molecule is CS(=O)(=O)N(CCCC(=O)NC1CCCCC1)c1cc(Cl)ccc1Cl. The molecule has 0 spiro atoms. The van der Waals surface area contributed by atoms with Crippen molar-refractivity contribution in [1.82, 2.24) is 5.32 Å². The van der Waals surface area contributed by atoms with Crippen LogP contribution in [0.5, 0.6) is 0 Å². The van der Waals surface area contributed by atoms with Crippen molar-refractivity contribution in [2.75, 3.05) is 17.1 Å². The zero-order valence-electron chi connectivity index (χ0n) is 14.3. The third-order valence-corrected chi connectivity index (χ3v) is 6.05. The highest BCUT2D eigenvalue weighted by Gasteiger charge is 2.21. The van der Waals surface area contributed by atoms with Gasteiger partial charge in [0.25, 0.3) is 0 Å². The summed E-state index contributed by atoms with van der Waals surface area (Å²) in [5.41, 5.74) is 0.337. The number of amides is 1. The molecule has 5 nitrogen and oxygen atoms in total. The highest BCUT2D eigenvalue weighted by atomic mass is 35.5. The molecule has 2 rings (SSSR count). The Morgan fingerprint density at radius 2 is 1.92 bits per heavy atom. The van der Waals surface area contributed by atoms with E-state index in [1.54, 1.807) is 12.1 Å². The Hall–Kier alpha value is -0.980. The van der Waals surface area contributed by atoms with Crippen LogP contribution in [0.4, 0.5) is 5.69 Å². The Labute approximate surface area is 159 Å². The predicted molar refractivity (Wildman–Crippen MR) is 103 cm³/mol. The molecule has 1 aliphatic rings. The first kappa shape index (κ1) is 20.3. The summed E-state index contributed by atoms with van der Waals surface area (Å²) in [6.07, 6.45) is 7.40. The van der Waals surface area contributed by atoms with Gasteiger partial charge < -0.3 is 5.32 Å². The number of anilines is 1. The largest absolute Gasteiger partial charge is 0.353 e. The molecule has 0 atom stereocenters. The quantitative estimate of drug-likeness (QED) is 0.743. The molecule has 140 valence electrons. The van der Waals surface area contributed by atoms with Gasteiger partial charge in [-0.3, -0.25) is 9.10 Å². The summed E-state index contributed by atoms with van der Waals surface area (Å²) in [7, 11) is -3.52. The maximum absolute atomic E-state index is 12.1. The van der Waals surface area contributed by atoms with Gasteiger partial charge in [0.15, 0.2) is 0 Å². The number of benzene rings is 1. The second-order valence-electron chi connectivity index (χ2n) is 6.44. The van der Waals surface area contributed by atoms with Crippen LogP contribution in [0.2, 0.25) is 10.0 Å². The summed E-state index contributed by atoms with van der Waals surface area (Å²) in [5, 5.41) is 3.75. The normalized spacial score (nSPS) is 15.8. The van der Waals surface area contributed by atoms with Gasteiger partial charge in [-0.05, 0) is 37.5 Å². The zero-order valence-corrected chi connectivity index (χ0v) is 16.6. The van der Waals surface area contributed by atoms with Gasteiger partial charge in [-0.25, -0.2) is 8.42 Å². The molecule has 25 heavy (non-hydrogen) atoms. The first-order chi connectivity index (χ1) is 11.8. The van der Waals surface area contributed by atoms with Gasteiger partial charge in [-0.15, -0.1) is 0 Å². The molecule has 0 bridgehead atoms. The summed E-state index contributed by atoms with van der Waals surface area (Å²) in [6, 6.07) is 4.95. The molecular formula is C17H24Cl2N2O3S. The second kappa shape index (κ2) is 9.10. The average molecular weight is 407 g/mol. The monoisotopic (exact) mass is 406 g/mol. The molecule has 8 heteroatoms. The third-order valence-electron chi connectivity index (χ3n) is 4.31. The summed E-state index contributed by atoms with van der Waals surface area (Å²) in [4.78, 5) is 12.1. The standard InChI is InChI=1S/C17H24Cl2N2O3S/c1-25(23,24)21(16-12-13(18)9-10-15(16)19)11-5-8-17(22)20-14-6-3-2-4-7-14/h9-10,12,14H,2-8,11H2,1H3,(H,20,22). The van der Waals surface area contributed by atoms with Crippen molar-refractivity contribution >= 4 is 44.8 Å². The number of rotatable bonds is 7. The van der Waals surface area contributed by atoms with Crippen molar-refractivity contribution in [3.63, 3.8) is 0 Å². The smallest absolute Gasteiger partial charge is 0.232 e. The Bertz CT molecular complexity index is 704. The highest BCUT2D eigenvalue weighted by molar-refractivity contribution is 7.92. The van der Waals surface area contributed by atoms with E-state index in [0.29, 0.717) is 22.2 Å². The number of carbonyl (C=O) groups is 1. The molecule has 0 saturated heterocycles. The van der Waals surface area contributed by atoms with Gasteiger partial charge in [0.1, 0.15) is 0 Å². The van der Waals surface area contributed by atoms with E-state index in [4.69, 9.17) is 23.2 Å². The maximum Gasteiger partial charge on any atom is 0.232 e. The van der Waals surface area contributed by atoms with Crippen LogP contribution in [0, 0.1) is 0 Å². The van der Waals surface area contributed by atoms with Crippen LogP contribution in [0.15, 0.2) is 18.2 Å².